The van der Waals surface area contributed by atoms with Crippen LogP contribution in [0, 0.1) is 0 Å². The Hall–Kier alpha value is -3.27. The summed E-state index contributed by atoms with van der Waals surface area (Å²) in [4.78, 5) is 16.7. The summed E-state index contributed by atoms with van der Waals surface area (Å²) in [5, 5.41) is 6.80. The zero-order chi connectivity index (χ0) is 20.9. The fourth-order valence-electron chi connectivity index (χ4n) is 3.41. The second-order valence-corrected chi connectivity index (χ2v) is 7.79. The summed E-state index contributed by atoms with van der Waals surface area (Å²) in [7, 11) is 0. The van der Waals surface area contributed by atoms with Gasteiger partial charge in [0.1, 0.15) is 10.6 Å². The van der Waals surface area contributed by atoms with E-state index in [0.717, 1.165) is 59.0 Å². The van der Waals surface area contributed by atoms with E-state index in [0.29, 0.717) is 4.88 Å². The number of rotatable bonds is 4. The molecule has 0 unspecified atom stereocenters. The topological polar surface area (TPSA) is 72.2 Å². The van der Waals surface area contributed by atoms with Crippen molar-refractivity contribution in [3.8, 4) is 11.3 Å². The van der Waals surface area contributed by atoms with Crippen molar-refractivity contribution in [2.45, 2.75) is 24.9 Å². The van der Waals surface area contributed by atoms with Crippen LogP contribution in [0.25, 0.3) is 16.8 Å². The third-order valence-electron chi connectivity index (χ3n) is 4.92. The molecule has 1 fully saturated rings. The number of fused-ring (bicyclic) bond motifs is 1. The van der Waals surface area contributed by atoms with Crippen molar-refractivity contribution in [2.75, 3.05) is 5.32 Å². The smallest absolute Gasteiger partial charge is 0.321 e. The minimum Gasteiger partial charge on any atom is -0.321 e. The summed E-state index contributed by atoms with van der Waals surface area (Å²) >= 11 is 1.06. The van der Waals surface area contributed by atoms with E-state index in [4.69, 9.17) is 0 Å². The number of hydrogen-bond acceptors (Lipinski definition) is 5. The molecule has 0 spiro atoms. The molecule has 1 amide bonds. The molecule has 4 aromatic rings. The first-order valence-corrected chi connectivity index (χ1v) is 9.96. The molecule has 4 aromatic heterocycles. The molecule has 152 valence electrons. The number of anilines is 1. The molecule has 1 N–H and O–H groups in total. The quantitative estimate of drug-likeness (QED) is 0.496. The molecule has 0 atom stereocenters. The molecule has 6 nitrogen and oxygen atoms in total. The zero-order valence-corrected chi connectivity index (χ0v) is 16.2. The van der Waals surface area contributed by atoms with Crippen LogP contribution in [-0.2, 0) is 6.18 Å². The number of carbonyl (C=O) groups is 1. The Morgan fingerprint density at radius 2 is 2.03 bits per heavy atom. The predicted octanol–water partition coefficient (Wildman–Crippen LogP) is 5.00. The van der Waals surface area contributed by atoms with Gasteiger partial charge in [0.2, 0.25) is 0 Å². The maximum Gasteiger partial charge on any atom is 0.433 e. The van der Waals surface area contributed by atoms with Crippen LogP contribution in [-0.4, -0.2) is 24.9 Å². The Kier molecular flexibility index (Phi) is 4.31. The lowest BCUT2D eigenvalue weighted by Crippen LogP contribution is -2.14. The van der Waals surface area contributed by atoms with Gasteiger partial charge in [0.25, 0.3) is 5.91 Å². The van der Waals surface area contributed by atoms with Crippen molar-refractivity contribution in [3.63, 3.8) is 0 Å². The zero-order valence-electron chi connectivity index (χ0n) is 15.3. The Bertz CT molecular complexity index is 1260. The molecule has 1 saturated carbocycles. The number of nitrogens with one attached hydrogen (secondary N) is 1. The molecule has 0 saturated heterocycles. The van der Waals surface area contributed by atoms with Crippen molar-refractivity contribution >= 4 is 28.6 Å². The minimum absolute atomic E-state index is 0.0388. The highest BCUT2D eigenvalue weighted by molar-refractivity contribution is 7.08. The van der Waals surface area contributed by atoms with E-state index >= 15 is 0 Å². The first kappa shape index (κ1) is 18.7. The summed E-state index contributed by atoms with van der Waals surface area (Å²) in [6.07, 6.45) is 1.86. The van der Waals surface area contributed by atoms with Crippen LogP contribution in [0.15, 0.2) is 48.9 Å². The van der Waals surface area contributed by atoms with E-state index in [2.05, 4.69) is 19.8 Å². The van der Waals surface area contributed by atoms with Gasteiger partial charge in [-0.25, -0.2) is 4.52 Å². The van der Waals surface area contributed by atoms with Gasteiger partial charge in [-0.2, -0.15) is 22.6 Å². The second kappa shape index (κ2) is 6.91. The number of hydrogen-bond donors (Lipinski definition) is 1. The van der Waals surface area contributed by atoms with Crippen LogP contribution in [0.5, 0.6) is 0 Å². The number of carbonyl (C=O) groups excluding carboxylic acids is 1. The standard InChI is InChI=1S/C20H14F3N5OS/c21-20(22,23)15-10-12(5-7-24-15)26-19(29)18-16(11-3-4-11)17(27-30-18)13-2-1-9-28-14(13)6-8-25-28/h1-2,5-11H,3-4H2,(H,24,26,29). The maximum atomic E-state index is 12.9. The molecule has 1 aliphatic carbocycles. The van der Waals surface area contributed by atoms with E-state index in [9.17, 15) is 18.0 Å². The van der Waals surface area contributed by atoms with Gasteiger partial charge in [0.05, 0.1) is 17.4 Å². The van der Waals surface area contributed by atoms with Gasteiger partial charge in [-0.15, -0.1) is 0 Å². The molecule has 30 heavy (non-hydrogen) atoms. The SMILES string of the molecule is O=C(Nc1ccnc(C(F)(F)F)c1)c1snc(-c2cccn3nccc23)c1C1CC1. The number of pyridine rings is 2. The van der Waals surface area contributed by atoms with Crippen LogP contribution in [0.2, 0.25) is 0 Å². The molecule has 0 radical (unpaired) electrons. The van der Waals surface area contributed by atoms with Crippen molar-refractivity contribution in [1.82, 2.24) is 19.0 Å². The Balaban J connectivity index is 1.52. The molecule has 4 heterocycles. The summed E-state index contributed by atoms with van der Waals surface area (Å²) in [6.45, 7) is 0. The normalized spacial score (nSPS) is 14.2. The first-order valence-electron chi connectivity index (χ1n) is 9.19. The Morgan fingerprint density at radius 3 is 2.80 bits per heavy atom. The van der Waals surface area contributed by atoms with E-state index < -0.39 is 17.8 Å². The van der Waals surface area contributed by atoms with Crippen LogP contribution < -0.4 is 5.32 Å². The summed E-state index contributed by atoms with van der Waals surface area (Å²) in [6, 6.07) is 7.82. The largest absolute Gasteiger partial charge is 0.433 e. The van der Waals surface area contributed by atoms with Crippen molar-refractivity contribution in [1.29, 1.82) is 0 Å². The highest BCUT2D eigenvalue weighted by Gasteiger charge is 2.35. The van der Waals surface area contributed by atoms with Crippen LogP contribution in [0.1, 0.15) is 39.7 Å². The number of aromatic nitrogens is 4. The van der Waals surface area contributed by atoms with Crippen LogP contribution in [0.3, 0.4) is 0 Å². The van der Waals surface area contributed by atoms with Gasteiger partial charge in [0, 0.05) is 29.2 Å². The molecular weight excluding hydrogens is 415 g/mol. The average molecular weight is 429 g/mol. The third kappa shape index (κ3) is 3.32. The molecule has 1 aliphatic rings. The average Bonchev–Trinajstić information content (AvgIpc) is 3.26. The lowest BCUT2D eigenvalue weighted by molar-refractivity contribution is -0.141. The van der Waals surface area contributed by atoms with Crippen molar-refractivity contribution in [3.05, 3.63) is 65.1 Å². The van der Waals surface area contributed by atoms with Gasteiger partial charge < -0.3 is 5.32 Å². The van der Waals surface area contributed by atoms with Gasteiger partial charge in [-0.3, -0.25) is 9.78 Å². The molecule has 0 aliphatic heterocycles. The molecule has 10 heteroatoms. The number of alkyl halides is 3. The van der Waals surface area contributed by atoms with Crippen molar-refractivity contribution < 1.29 is 18.0 Å². The van der Waals surface area contributed by atoms with Gasteiger partial charge in [-0.05, 0) is 60.6 Å². The molecular formula is C20H14F3N5OS. The predicted molar refractivity (Wildman–Crippen MR) is 105 cm³/mol. The van der Waals surface area contributed by atoms with Gasteiger partial charge >= 0.3 is 6.18 Å². The highest BCUT2D eigenvalue weighted by Crippen LogP contribution is 2.48. The lowest BCUT2D eigenvalue weighted by atomic mass is 10.0. The van der Waals surface area contributed by atoms with Gasteiger partial charge in [0.15, 0.2) is 0 Å². The molecule has 5 rings (SSSR count). The van der Waals surface area contributed by atoms with Crippen LogP contribution in [0.4, 0.5) is 18.9 Å². The first-order chi connectivity index (χ1) is 14.4. The van der Waals surface area contributed by atoms with Crippen molar-refractivity contribution in [2.24, 2.45) is 0 Å². The van der Waals surface area contributed by atoms with E-state index in [1.165, 1.54) is 6.07 Å². The number of halogens is 3. The lowest BCUT2D eigenvalue weighted by Gasteiger charge is -2.09. The van der Waals surface area contributed by atoms with E-state index in [1.807, 2.05) is 24.4 Å². The summed E-state index contributed by atoms with van der Waals surface area (Å²) in [5.41, 5.74) is 2.30. The minimum atomic E-state index is -4.58. The third-order valence-corrected chi connectivity index (χ3v) is 5.78. The fraction of sp³-hybridized carbons (Fsp3) is 0.200. The Morgan fingerprint density at radius 1 is 1.20 bits per heavy atom. The monoisotopic (exact) mass is 429 g/mol. The highest BCUT2D eigenvalue weighted by atomic mass is 32.1. The van der Waals surface area contributed by atoms with E-state index in [1.54, 1.807) is 10.7 Å². The van der Waals surface area contributed by atoms with Crippen LogP contribution >= 0.6 is 11.5 Å². The number of nitrogens with zero attached hydrogens (tertiary/aromatic N) is 4. The Labute approximate surface area is 172 Å². The second-order valence-electron chi connectivity index (χ2n) is 7.01. The molecule has 0 aromatic carbocycles. The fourth-order valence-corrected chi connectivity index (χ4v) is 4.28. The van der Waals surface area contributed by atoms with E-state index in [-0.39, 0.29) is 11.6 Å². The summed E-state index contributed by atoms with van der Waals surface area (Å²) in [5.74, 6) is -0.258. The maximum absolute atomic E-state index is 12.9. The molecule has 0 bridgehead atoms. The summed E-state index contributed by atoms with van der Waals surface area (Å²) < 4.78 is 45.0. The van der Waals surface area contributed by atoms with Gasteiger partial charge in [-0.1, -0.05) is 0 Å². The number of amides is 1.